The molecule has 0 rings (SSSR count). The number of carbonyl (C=O) groups excluding carboxylic acids is 1. The maximum Gasteiger partial charge on any atom is 0.411 e. The van der Waals surface area contributed by atoms with Gasteiger partial charge in [0.15, 0.2) is 0 Å². The van der Waals surface area contributed by atoms with Crippen LogP contribution in [0.5, 0.6) is 0 Å². The van der Waals surface area contributed by atoms with E-state index in [2.05, 4.69) is 10.1 Å². The van der Waals surface area contributed by atoms with Crippen LogP contribution in [0.2, 0.25) is 0 Å². The molecule has 0 aromatic carbocycles. The Hall–Kier alpha value is -0.860. The number of amides is 1. The second kappa shape index (κ2) is 8.26. The smallest absolute Gasteiger partial charge is 0.383 e. The number of carbonyl (C=O) groups is 1. The average Bonchev–Trinajstić information content (AvgIpc) is 2.16. The van der Waals surface area contributed by atoms with Gasteiger partial charge in [0, 0.05) is 7.11 Å². The monoisotopic (exact) mass is 258 g/mol. The molecule has 1 atom stereocenters. The second-order valence-electron chi connectivity index (χ2n) is 3.41. The van der Waals surface area contributed by atoms with Crippen LogP contribution in [-0.4, -0.2) is 51.6 Å². The molecule has 0 aliphatic carbocycles. The minimum absolute atomic E-state index is 0.252. The van der Waals surface area contributed by atoms with E-state index in [0.29, 0.717) is 13.0 Å². The number of hydrogen-bond donors (Lipinski definition) is 2. The molecule has 0 spiro atoms. The van der Waals surface area contributed by atoms with Gasteiger partial charge in [0.1, 0.15) is 13.2 Å². The van der Waals surface area contributed by atoms with E-state index in [1.54, 1.807) is 0 Å². The van der Waals surface area contributed by atoms with E-state index in [-0.39, 0.29) is 12.6 Å². The Kier molecular flexibility index (Phi) is 7.85. The molecule has 0 radical (unpaired) electrons. The van der Waals surface area contributed by atoms with E-state index in [1.165, 1.54) is 7.11 Å². The predicted molar refractivity (Wildman–Crippen MR) is 54.4 cm³/mol. The van der Waals surface area contributed by atoms with Crippen molar-refractivity contribution in [2.75, 3.05) is 33.5 Å². The molecule has 1 unspecified atom stereocenters. The molecular weight excluding hydrogens is 241 g/mol. The molecule has 0 aromatic rings. The summed E-state index contributed by atoms with van der Waals surface area (Å²) < 4.78 is 44.2. The fourth-order valence-corrected chi connectivity index (χ4v) is 1.13. The zero-order valence-corrected chi connectivity index (χ0v) is 9.55. The minimum Gasteiger partial charge on any atom is -0.383 e. The highest BCUT2D eigenvalue weighted by atomic mass is 19.4. The van der Waals surface area contributed by atoms with Crippen molar-refractivity contribution in [2.24, 2.45) is 5.73 Å². The molecule has 8 heteroatoms. The molecule has 0 saturated carbocycles. The van der Waals surface area contributed by atoms with Gasteiger partial charge in [-0.2, -0.15) is 13.2 Å². The molecule has 0 aliphatic heterocycles. The number of methoxy groups -OCH3 is 1. The molecule has 1 amide bonds. The zero-order valence-electron chi connectivity index (χ0n) is 9.55. The Labute approximate surface area is 97.4 Å². The third-order valence-corrected chi connectivity index (χ3v) is 1.75. The topological polar surface area (TPSA) is 73.6 Å². The number of rotatable bonds is 8. The van der Waals surface area contributed by atoms with E-state index < -0.39 is 25.3 Å². The minimum atomic E-state index is -4.43. The predicted octanol–water partition coefficient (Wildman–Crippen LogP) is 0.0453. The Morgan fingerprint density at radius 1 is 1.47 bits per heavy atom. The lowest BCUT2D eigenvalue weighted by molar-refractivity contribution is -0.175. The van der Waals surface area contributed by atoms with Gasteiger partial charge in [-0.3, -0.25) is 4.79 Å². The van der Waals surface area contributed by atoms with Gasteiger partial charge in [-0.05, 0) is 13.0 Å². The number of alkyl halides is 3. The van der Waals surface area contributed by atoms with E-state index >= 15 is 0 Å². The van der Waals surface area contributed by atoms with Crippen molar-refractivity contribution in [1.82, 2.24) is 5.32 Å². The van der Waals surface area contributed by atoms with Crippen LogP contribution in [0.4, 0.5) is 13.2 Å². The molecular formula is C9H17F3N2O3. The summed E-state index contributed by atoms with van der Waals surface area (Å²) in [5.41, 5.74) is 5.31. The Balaban J connectivity index is 3.81. The Morgan fingerprint density at radius 2 is 2.12 bits per heavy atom. The van der Waals surface area contributed by atoms with Crippen LogP contribution in [0.1, 0.15) is 6.42 Å². The van der Waals surface area contributed by atoms with Crippen molar-refractivity contribution in [3.8, 4) is 0 Å². The first-order valence-corrected chi connectivity index (χ1v) is 5.02. The van der Waals surface area contributed by atoms with E-state index in [1.807, 2.05) is 0 Å². The summed E-state index contributed by atoms with van der Waals surface area (Å²) in [6, 6.07) is -0.313. The lowest BCUT2D eigenvalue weighted by Gasteiger charge is -2.17. The second-order valence-corrected chi connectivity index (χ2v) is 3.41. The number of halogens is 3. The van der Waals surface area contributed by atoms with Gasteiger partial charge in [-0.1, -0.05) is 0 Å². The van der Waals surface area contributed by atoms with Crippen molar-refractivity contribution in [2.45, 2.75) is 18.6 Å². The van der Waals surface area contributed by atoms with Crippen molar-refractivity contribution in [1.29, 1.82) is 0 Å². The highest BCUT2D eigenvalue weighted by Gasteiger charge is 2.27. The Bertz CT molecular complexity index is 218. The summed E-state index contributed by atoms with van der Waals surface area (Å²) in [5, 5.41) is 2.47. The highest BCUT2D eigenvalue weighted by Crippen LogP contribution is 2.14. The van der Waals surface area contributed by atoms with Gasteiger partial charge in [0.2, 0.25) is 5.91 Å². The quantitative estimate of drug-likeness (QED) is 0.645. The van der Waals surface area contributed by atoms with Crippen LogP contribution in [0.15, 0.2) is 0 Å². The molecule has 102 valence electrons. The molecule has 0 bridgehead atoms. The zero-order chi connectivity index (χ0) is 13.3. The van der Waals surface area contributed by atoms with Gasteiger partial charge in [0.25, 0.3) is 0 Å². The van der Waals surface area contributed by atoms with Crippen LogP contribution in [0.3, 0.4) is 0 Å². The SMILES string of the molecule is COCC(CCN)NC(=O)COCC(F)(F)F. The standard InChI is InChI=1S/C9H17F3N2O3/c1-16-4-7(2-3-13)14-8(15)5-17-6-9(10,11)12/h7H,2-6,13H2,1H3,(H,14,15). The molecule has 5 nitrogen and oxygen atoms in total. The lowest BCUT2D eigenvalue weighted by atomic mass is 10.2. The Morgan fingerprint density at radius 3 is 2.59 bits per heavy atom. The van der Waals surface area contributed by atoms with Gasteiger partial charge in [0.05, 0.1) is 12.6 Å². The van der Waals surface area contributed by atoms with Crippen LogP contribution in [-0.2, 0) is 14.3 Å². The van der Waals surface area contributed by atoms with Crippen molar-refractivity contribution >= 4 is 5.91 Å². The molecule has 0 saturated heterocycles. The van der Waals surface area contributed by atoms with E-state index in [0.717, 1.165) is 0 Å². The molecule has 0 aliphatic rings. The van der Waals surface area contributed by atoms with Crippen LogP contribution in [0, 0.1) is 0 Å². The third-order valence-electron chi connectivity index (χ3n) is 1.75. The normalized spacial score (nSPS) is 13.5. The average molecular weight is 258 g/mol. The summed E-state index contributed by atoms with van der Waals surface area (Å²) >= 11 is 0. The first-order valence-electron chi connectivity index (χ1n) is 5.02. The molecule has 3 N–H and O–H groups in total. The highest BCUT2D eigenvalue weighted by molar-refractivity contribution is 5.77. The van der Waals surface area contributed by atoms with Gasteiger partial charge >= 0.3 is 6.18 Å². The first kappa shape index (κ1) is 16.1. The fourth-order valence-electron chi connectivity index (χ4n) is 1.13. The number of hydrogen-bond acceptors (Lipinski definition) is 4. The number of nitrogens with two attached hydrogens (primary N) is 1. The van der Waals surface area contributed by atoms with Gasteiger partial charge in [-0.25, -0.2) is 0 Å². The van der Waals surface area contributed by atoms with Crippen LogP contribution in [0.25, 0.3) is 0 Å². The van der Waals surface area contributed by atoms with Crippen molar-refractivity contribution in [3.63, 3.8) is 0 Å². The van der Waals surface area contributed by atoms with Crippen molar-refractivity contribution < 1.29 is 27.4 Å². The lowest BCUT2D eigenvalue weighted by Crippen LogP contribution is -2.41. The molecule has 0 fully saturated rings. The fraction of sp³-hybridized carbons (Fsp3) is 0.889. The largest absolute Gasteiger partial charge is 0.411 e. The summed E-state index contributed by atoms with van der Waals surface area (Å²) in [7, 11) is 1.45. The van der Waals surface area contributed by atoms with E-state index in [9.17, 15) is 18.0 Å². The van der Waals surface area contributed by atoms with Gasteiger partial charge < -0.3 is 20.5 Å². The first-order chi connectivity index (χ1) is 7.89. The third kappa shape index (κ3) is 10.0. The molecule has 0 aromatic heterocycles. The maximum absolute atomic E-state index is 11.7. The van der Waals surface area contributed by atoms with Crippen molar-refractivity contribution in [3.05, 3.63) is 0 Å². The number of nitrogens with one attached hydrogen (secondary N) is 1. The summed E-state index contributed by atoms with van der Waals surface area (Å²) in [6.07, 6.45) is -3.94. The number of ether oxygens (including phenoxy) is 2. The van der Waals surface area contributed by atoms with E-state index in [4.69, 9.17) is 10.5 Å². The van der Waals surface area contributed by atoms with Gasteiger partial charge in [-0.15, -0.1) is 0 Å². The van der Waals surface area contributed by atoms with Crippen LogP contribution >= 0.6 is 0 Å². The summed E-state index contributed by atoms with van der Waals surface area (Å²) in [6.45, 7) is -1.48. The summed E-state index contributed by atoms with van der Waals surface area (Å²) in [5.74, 6) is -0.621. The maximum atomic E-state index is 11.7. The molecule has 0 heterocycles. The molecule has 17 heavy (non-hydrogen) atoms. The summed E-state index contributed by atoms with van der Waals surface area (Å²) in [4.78, 5) is 11.2. The van der Waals surface area contributed by atoms with Crippen LogP contribution < -0.4 is 11.1 Å².